The van der Waals surface area contributed by atoms with Gasteiger partial charge in [0.2, 0.25) is 0 Å². The maximum atomic E-state index is 11.8. The summed E-state index contributed by atoms with van der Waals surface area (Å²) in [6.45, 7) is 3.78. The van der Waals surface area contributed by atoms with Gasteiger partial charge in [0.15, 0.2) is 17.2 Å². The Bertz CT molecular complexity index is 577. The smallest absolute Gasteiger partial charge is 0.363 e. The topological polar surface area (TPSA) is 48.4 Å². The van der Waals surface area contributed by atoms with Crippen LogP contribution in [0.4, 0.5) is 0 Å². The van der Waals surface area contributed by atoms with E-state index in [1.165, 1.54) is 11.3 Å². The molecule has 1 heterocycles. The number of carbonyl (C=O) groups excluding carboxylic acids is 1. The number of ether oxygens (including phenoxy) is 2. The van der Waals surface area contributed by atoms with Crippen molar-refractivity contribution in [1.82, 2.24) is 4.98 Å². The largest absolute Gasteiger partial charge is 0.493 e. The summed E-state index contributed by atoms with van der Waals surface area (Å²) in [5.74, 6) is 0.468. The monoisotopic (exact) mass is 263 g/mol. The zero-order valence-electron chi connectivity index (χ0n) is 10.4. The Labute approximate surface area is 109 Å². The molecule has 94 valence electrons. The first-order valence-corrected chi connectivity index (χ1v) is 6.27. The number of benzene rings is 1. The van der Waals surface area contributed by atoms with E-state index in [-0.39, 0.29) is 0 Å². The van der Waals surface area contributed by atoms with Gasteiger partial charge in [-0.3, -0.25) is 0 Å². The van der Waals surface area contributed by atoms with E-state index in [9.17, 15) is 4.79 Å². The molecule has 5 heteroatoms. The first kappa shape index (κ1) is 12.6. The Morgan fingerprint density at radius 1 is 1.28 bits per heavy atom. The number of rotatable bonds is 3. The minimum atomic E-state index is -0.471. The molecule has 2 rings (SSSR count). The average Bonchev–Trinajstić information content (AvgIpc) is 2.78. The zero-order chi connectivity index (χ0) is 13.1. The summed E-state index contributed by atoms with van der Waals surface area (Å²) < 4.78 is 10.4. The Morgan fingerprint density at radius 2 is 2.06 bits per heavy atom. The Hall–Kier alpha value is -1.88. The first-order valence-electron chi connectivity index (χ1n) is 5.39. The Morgan fingerprint density at radius 3 is 2.67 bits per heavy atom. The summed E-state index contributed by atoms with van der Waals surface area (Å²) in [5, 5.41) is 2.51. The van der Waals surface area contributed by atoms with Crippen LogP contribution in [0.5, 0.6) is 11.5 Å². The van der Waals surface area contributed by atoms with Crippen LogP contribution in [-0.2, 0) is 0 Å². The molecule has 0 aliphatic rings. The third-order valence-corrected chi connectivity index (χ3v) is 3.12. The molecule has 0 aliphatic carbocycles. The van der Waals surface area contributed by atoms with Crippen LogP contribution in [0.15, 0.2) is 23.6 Å². The van der Waals surface area contributed by atoms with Crippen molar-refractivity contribution in [3.05, 3.63) is 39.8 Å². The summed E-state index contributed by atoms with van der Waals surface area (Å²) in [6.07, 6.45) is 0. The number of esters is 1. The molecule has 0 aliphatic heterocycles. The van der Waals surface area contributed by atoms with E-state index >= 15 is 0 Å². The number of thiazole rings is 1. The molecule has 1 aromatic heterocycles. The fourth-order valence-electron chi connectivity index (χ4n) is 1.47. The molecule has 0 radical (unpaired) electrons. The lowest BCUT2D eigenvalue weighted by molar-refractivity contribution is 0.0724. The average molecular weight is 263 g/mol. The molecule has 2 aromatic rings. The molecule has 0 N–H and O–H groups in total. The van der Waals surface area contributed by atoms with Gasteiger partial charge in [0, 0.05) is 5.38 Å². The van der Waals surface area contributed by atoms with Crippen molar-refractivity contribution in [2.75, 3.05) is 7.11 Å². The van der Waals surface area contributed by atoms with Crippen LogP contribution in [0, 0.1) is 13.8 Å². The number of nitrogens with zero attached hydrogens (tertiary/aromatic N) is 1. The minimum Gasteiger partial charge on any atom is -0.493 e. The summed E-state index contributed by atoms with van der Waals surface area (Å²) in [7, 11) is 1.54. The molecule has 0 amide bonds. The normalized spacial score (nSPS) is 10.2. The quantitative estimate of drug-likeness (QED) is 0.631. The van der Waals surface area contributed by atoms with Gasteiger partial charge in [-0.25, -0.2) is 9.78 Å². The summed E-state index contributed by atoms with van der Waals surface area (Å²) >= 11 is 1.41. The number of carbonyl (C=O) groups is 1. The lowest BCUT2D eigenvalue weighted by Gasteiger charge is -2.08. The van der Waals surface area contributed by atoms with Gasteiger partial charge >= 0.3 is 5.97 Å². The molecular formula is C13H13NO3S. The van der Waals surface area contributed by atoms with Crippen molar-refractivity contribution in [1.29, 1.82) is 0 Å². The fraction of sp³-hybridized carbons (Fsp3) is 0.231. The minimum absolute atomic E-state index is 0.320. The highest BCUT2D eigenvalue weighted by Crippen LogP contribution is 2.28. The zero-order valence-corrected chi connectivity index (χ0v) is 11.2. The number of methoxy groups -OCH3 is 1. The van der Waals surface area contributed by atoms with Crippen LogP contribution in [0.1, 0.15) is 21.1 Å². The molecule has 0 saturated carbocycles. The Kier molecular flexibility index (Phi) is 3.62. The second-order valence-electron chi connectivity index (χ2n) is 3.80. The van der Waals surface area contributed by atoms with Crippen molar-refractivity contribution < 1.29 is 14.3 Å². The fourth-order valence-corrected chi connectivity index (χ4v) is 2.05. The van der Waals surface area contributed by atoms with Gasteiger partial charge in [-0.1, -0.05) is 6.07 Å². The third kappa shape index (κ3) is 2.68. The molecule has 0 bridgehead atoms. The maximum Gasteiger partial charge on any atom is 0.363 e. The molecule has 0 unspecified atom stereocenters. The highest BCUT2D eigenvalue weighted by Gasteiger charge is 2.14. The van der Waals surface area contributed by atoms with Gasteiger partial charge in [-0.2, -0.15) is 0 Å². The van der Waals surface area contributed by atoms with E-state index in [1.54, 1.807) is 18.6 Å². The van der Waals surface area contributed by atoms with Crippen molar-refractivity contribution in [2.24, 2.45) is 0 Å². The van der Waals surface area contributed by atoms with Gasteiger partial charge in [-0.05, 0) is 31.5 Å². The molecule has 1 aromatic carbocycles. The summed E-state index contributed by atoms with van der Waals surface area (Å²) in [6, 6.07) is 5.39. The van der Waals surface area contributed by atoms with Crippen LogP contribution < -0.4 is 9.47 Å². The highest BCUT2D eigenvalue weighted by molar-refractivity contribution is 7.09. The standard InChI is InChI=1S/C13H13NO3S/c1-8-4-5-11(12(6-8)16-3)17-13(15)10-7-18-9(2)14-10/h4-7H,1-3H3. The lowest BCUT2D eigenvalue weighted by Crippen LogP contribution is -2.09. The maximum absolute atomic E-state index is 11.8. The van der Waals surface area contributed by atoms with Gasteiger partial charge in [0.05, 0.1) is 12.1 Å². The highest BCUT2D eigenvalue weighted by atomic mass is 32.1. The van der Waals surface area contributed by atoms with Gasteiger partial charge in [0.25, 0.3) is 0 Å². The summed E-state index contributed by atoms with van der Waals surface area (Å²) in [5.41, 5.74) is 1.36. The molecular weight excluding hydrogens is 250 g/mol. The van der Waals surface area contributed by atoms with E-state index in [4.69, 9.17) is 9.47 Å². The second-order valence-corrected chi connectivity index (χ2v) is 4.86. The van der Waals surface area contributed by atoms with E-state index in [1.807, 2.05) is 26.0 Å². The number of aryl methyl sites for hydroxylation is 2. The van der Waals surface area contributed by atoms with Gasteiger partial charge in [0.1, 0.15) is 0 Å². The van der Waals surface area contributed by atoms with Crippen LogP contribution in [0.25, 0.3) is 0 Å². The molecule has 4 nitrogen and oxygen atoms in total. The van der Waals surface area contributed by atoms with E-state index in [2.05, 4.69) is 4.98 Å². The third-order valence-electron chi connectivity index (χ3n) is 2.35. The second kappa shape index (κ2) is 5.18. The van der Waals surface area contributed by atoms with Gasteiger partial charge < -0.3 is 9.47 Å². The molecule has 0 fully saturated rings. The molecule has 0 atom stereocenters. The van der Waals surface area contributed by atoms with E-state index in [0.29, 0.717) is 17.2 Å². The molecule has 0 saturated heterocycles. The van der Waals surface area contributed by atoms with Gasteiger partial charge in [-0.15, -0.1) is 11.3 Å². The number of aromatic nitrogens is 1. The molecule has 0 spiro atoms. The van der Waals surface area contributed by atoms with Crippen LogP contribution in [0.2, 0.25) is 0 Å². The van der Waals surface area contributed by atoms with Crippen LogP contribution in [-0.4, -0.2) is 18.1 Å². The summed E-state index contributed by atoms with van der Waals surface area (Å²) in [4.78, 5) is 15.9. The SMILES string of the molecule is COc1cc(C)ccc1OC(=O)c1csc(C)n1. The van der Waals surface area contributed by atoms with Crippen LogP contribution >= 0.6 is 11.3 Å². The van der Waals surface area contributed by atoms with Crippen LogP contribution in [0.3, 0.4) is 0 Å². The lowest BCUT2D eigenvalue weighted by atomic mass is 10.2. The predicted molar refractivity (Wildman–Crippen MR) is 69.5 cm³/mol. The number of hydrogen-bond donors (Lipinski definition) is 0. The van der Waals surface area contributed by atoms with Crippen molar-refractivity contribution in [3.63, 3.8) is 0 Å². The molecule has 18 heavy (non-hydrogen) atoms. The van der Waals surface area contributed by atoms with E-state index < -0.39 is 5.97 Å². The van der Waals surface area contributed by atoms with Crippen molar-refractivity contribution in [2.45, 2.75) is 13.8 Å². The first-order chi connectivity index (χ1) is 8.60. The van der Waals surface area contributed by atoms with Crippen molar-refractivity contribution >= 4 is 17.3 Å². The Balaban J connectivity index is 2.21. The van der Waals surface area contributed by atoms with Crippen molar-refractivity contribution in [3.8, 4) is 11.5 Å². The predicted octanol–water partition coefficient (Wildman–Crippen LogP) is 2.99. The number of hydrogen-bond acceptors (Lipinski definition) is 5. The van der Waals surface area contributed by atoms with E-state index in [0.717, 1.165) is 10.6 Å².